The van der Waals surface area contributed by atoms with E-state index < -0.39 is 0 Å². The average Bonchev–Trinajstić information content (AvgIpc) is 2.85. The number of phenols is 1. The van der Waals surface area contributed by atoms with E-state index >= 15 is 0 Å². The van der Waals surface area contributed by atoms with Gasteiger partial charge in [-0.05, 0) is 43.4 Å². The largest absolute Gasteiger partial charge is 0.508 e. The highest BCUT2D eigenvalue weighted by Crippen LogP contribution is 2.38. The number of rotatable bonds is 2. The molecule has 1 heterocycles. The van der Waals surface area contributed by atoms with Crippen LogP contribution in [0.25, 0.3) is 0 Å². The second kappa shape index (κ2) is 4.04. The summed E-state index contributed by atoms with van der Waals surface area (Å²) in [4.78, 5) is 2.52. The SMILES string of the molecule is Oc1ccc(Br)cc1CN1CC2CCC1C2. The summed E-state index contributed by atoms with van der Waals surface area (Å²) in [5.74, 6) is 1.34. The van der Waals surface area contributed by atoms with Gasteiger partial charge >= 0.3 is 0 Å². The van der Waals surface area contributed by atoms with Gasteiger partial charge in [-0.25, -0.2) is 0 Å². The fourth-order valence-corrected chi connectivity index (χ4v) is 3.53. The lowest BCUT2D eigenvalue weighted by Gasteiger charge is -2.27. The molecule has 1 aromatic rings. The molecule has 2 bridgehead atoms. The summed E-state index contributed by atoms with van der Waals surface area (Å²) >= 11 is 3.46. The summed E-state index contributed by atoms with van der Waals surface area (Å²) in [6, 6.07) is 6.45. The molecule has 2 unspecified atom stereocenters. The van der Waals surface area contributed by atoms with Crippen LogP contribution in [-0.4, -0.2) is 22.6 Å². The van der Waals surface area contributed by atoms with E-state index in [4.69, 9.17) is 0 Å². The van der Waals surface area contributed by atoms with E-state index in [0.29, 0.717) is 5.75 Å². The third-order valence-corrected chi connectivity index (χ3v) is 4.43. The molecule has 16 heavy (non-hydrogen) atoms. The number of fused-ring (bicyclic) bond motifs is 2. The average molecular weight is 282 g/mol. The van der Waals surface area contributed by atoms with Crippen LogP contribution in [0.3, 0.4) is 0 Å². The summed E-state index contributed by atoms with van der Waals surface area (Å²) in [5.41, 5.74) is 1.04. The van der Waals surface area contributed by atoms with E-state index in [1.165, 1.54) is 25.8 Å². The van der Waals surface area contributed by atoms with Gasteiger partial charge < -0.3 is 5.11 Å². The third kappa shape index (κ3) is 1.87. The second-order valence-corrected chi connectivity index (χ2v) is 5.95. The lowest BCUT2D eigenvalue weighted by atomic mass is 10.1. The Morgan fingerprint density at radius 1 is 1.38 bits per heavy atom. The van der Waals surface area contributed by atoms with Crippen molar-refractivity contribution in [2.75, 3.05) is 6.54 Å². The quantitative estimate of drug-likeness (QED) is 0.900. The summed E-state index contributed by atoms with van der Waals surface area (Å²) < 4.78 is 1.05. The van der Waals surface area contributed by atoms with Gasteiger partial charge in [-0.3, -0.25) is 4.90 Å². The summed E-state index contributed by atoms with van der Waals surface area (Å²) in [5, 5.41) is 9.82. The minimum atomic E-state index is 0.422. The normalized spacial score (nSPS) is 28.8. The van der Waals surface area contributed by atoms with Crippen LogP contribution in [-0.2, 0) is 6.54 Å². The molecule has 2 nitrogen and oxygen atoms in total. The molecule has 3 rings (SSSR count). The van der Waals surface area contributed by atoms with E-state index in [1.807, 2.05) is 12.1 Å². The fourth-order valence-electron chi connectivity index (χ4n) is 3.12. The van der Waals surface area contributed by atoms with Crippen molar-refractivity contribution in [3.63, 3.8) is 0 Å². The molecular formula is C13H16BrNO. The molecule has 2 aliphatic rings. The number of phenolic OH excluding ortho intramolecular Hbond substituents is 1. The lowest BCUT2D eigenvalue weighted by Crippen LogP contribution is -2.31. The number of piperidine rings is 1. The number of hydrogen-bond acceptors (Lipinski definition) is 2. The van der Waals surface area contributed by atoms with Crippen molar-refractivity contribution in [2.24, 2.45) is 5.92 Å². The first-order chi connectivity index (χ1) is 7.72. The third-order valence-electron chi connectivity index (χ3n) is 3.94. The van der Waals surface area contributed by atoms with Gasteiger partial charge in [0.25, 0.3) is 0 Å². The van der Waals surface area contributed by atoms with Crippen LogP contribution in [0, 0.1) is 5.92 Å². The van der Waals surface area contributed by atoms with Crippen molar-refractivity contribution in [2.45, 2.75) is 31.8 Å². The van der Waals surface area contributed by atoms with Crippen molar-refractivity contribution in [3.8, 4) is 5.75 Å². The van der Waals surface area contributed by atoms with E-state index in [2.05, 4.69) is 20.8 Å². The second-order valence-electron chi connectivity index (χ2n) is 5.04. The van der Waals surface area contributed by atoms with Crippen molar-refractivity contribution in [1.29, 1.82) is 0 Å². The number of nitrogens with zero attached hydrogens (tertiary/aromatic N) is 1. The van der Waals surface area contributed by atoms with Gasteiger partial charge in [0.15, 0.2) is 0 Å². The van der Waals surface area contributed by atoms with E-state index in [-0.39, 0.29) is 0 Å². The van der Waals surface area contributed by atoms with Gasteiger partial charge in [0, 0.05) is 29.2 Å². The zero-order valence-corrected chi connectivity index (χ0v) is 10.8. The standard InChI is InChI=1S/C13H16BrNO/c14-11-2-4-13(16)10(6-11)8-15-7-9-1-3-12(15)5-9/h2,4,6,9,12,16H,1,3,5,7-8H2. The Morgan fingerprint density at radius 2 is 2.25 bits per heavy atom. The first kappa shape index (κ1) is 10.6. The molecule has 1 saturated heterocycles. The molecule has 1 N–H and O–H groups in total. The maximum absolute atomic E-state index is 9.82. The highest BCUT2D eigenvalue weighted by atomic mass is 79.9. The van der Waals surface area contributed by atoms with Crippen LogP contribution >= 0.6 is 15.9 Å². The van der Waals surface area contributed by atoms with Crippen molar-refractivity contribution < 1.29 is 5.11 Å². The molecule has 86 valence electrons. The van der Waals surface area contributed by atoms with Crippen molar-refractivity contribution in [1.82, 2.24) is 4.90 Å². The molecular weight excluding hydrogens is 266 g/mol. The zero-order chi connectivity index (χ0) is 11.1. The zero-order valence-electron chi connectivity index (χ0n) is 9.19. The molecule has 1 aromatic carbocycles. The lowest BCUT2D eigenvalue weighted by molar-refractivity contribution is 0.203. The molecule has 0 radical (unpaired) electrons. The van der Waals surface area contributed by atoms with Crippen molar-refractivity contribution in [3.05, 3.63) is 28.2 Å². The number of halogens is 1. The van der Waals surface area contributed by atoms with Crippen molar-refractivity contribution >= 4 is 15.9 Å². The minimum Gasteiger partial charge on any atom is -0.508 e. The summed E-state index contributed by atoms with van der Waals surface area (Å²) in [6.45, 7) is 2.11. The molecule has 0 spiro atoms. The van der Waals surface area contributed by atoms with Crippen LogP contribution in [0.4, 0.5) is 0 Å². The maximum Gasteiger partial charge on any atom is 0.120 e. The predicted molar refractivity (Wildman–Crippen MR) is 67.3 cm³/mol. The first-order valence-corrected chi connectivity index (χ1v) is 6.73. The predicted octanol–water partition coefficient (Wildman–Crippen LogP) is 3.14. The van der Waals surface area contributed by atoms with Gasteiger partial charge in [0.05, 0.1) is 0 Å². The molecule has 2 fully saturated rings. The smallest absolute Gasteiger partial charge is 0.120 e. The van der Waals surface area contributed by atoms with E-state index in [1.54, 1.807) is 6.07 Å². The van der Waals surface area contributed by atoms with Gasteiger partial charge in [0.1, 0.15) is 5.75 Å². The Kier molecular flexibility index (Phi) is 2.68. The van der Waals surface area contributed by atoms with Crippen LogP contribution in [0.5, 0.6) is 5.75 Å². The Hall–Kier alpha value is -0.540. The Morgan fingerprint density at radius 3 is 2.94 bits per heavy atom. The van der Waals surface area contributed by atoms with Crippen LogP contribution in [0.1, 0.15) is 24.8 Å². The molecule has 0 aromatic heterocycles. The maximum atomic E-state index is 9.82. The van der Waals surface area contributed by atoms with Crippen LogP contribution in [0.15, 0.2) is 22.7 Å². The molecule has 0 amide bonds. The van der Waals surface area contributed by atoms with Crippen LogP contribution in [0.2, 0.25) is 0 Å². The number of hydrogen-bond donors (Lipinski definition) is 1. The van der Waals surface area contributed by atoms with E-state index in [9.17, 15) is 5.11 Å². The fraction of sp³-hybridized carbons (Fsp3) is 0.538. The Balaban J connectivity index is 1.76. The number of aromatic hydroxyl groups is 1. The van der Waals surface area contributed by atoms with Crippen LogP contribution < -0.4 is 0 Å². The van der Waals surface area contributed by atoms with E-state index in [0.717, 1.165) is 28.5 Å². The molecule has 1 aliphatic heterocycles. The number of benzene rings is 1. The first-order valence-electron chi connectivity index (χ1n) is 5.94. The monoisotopic (exact) mass is 281 g/mol. The molecule has 2 atom stereocenters. The highest BCUT2D eigenvalue weighted by Gasteiger charge is 2.37. The number of likely N-dealkylation sites (tertiary alicyclic amines) is 1. The summed E-state index contributed by atoms with van der Waals surface area (Å²) in [6.07, 6.45) is 4.12. The van der Waals surface area contributed by atoms with Gasteiger partial charge in [-0.1, -0.05) is 15.9 Å². The highest BCUT2D eigenvalue weighted by molar-refractivity contribution is 9.10. The summed E-state index contributed by atoms with van der Waals surface area (Å²) in [7, 11) is 0. The Labute approximate surface area is 104 Å². The minimum absolute atomic E-state index is 0.422. The Bertz CT molecular complexity index is 407. The molecule has 1 aliphatic carbocycles. The van der Waals surface area contributed by atoms with Gasteiger partial charge in [0.2, 0.25) is 0 Å². The van der Waals surface area contributed by atoms with Gasteiger partial charge in [-0.2, -0.15) is 0 Å². The van der Waals surface area contributed by atoms with Gasteiger partial charge in [-0.15, -0.1) is 0 Å². The topological polar surface area (TPSA) is 23.5 Å². The molecule has 3 heteroatoms. The molecule has 1 saturated carbocycles.